The average molecular weight is 443 g/mol. The lowest BCUT2D eigenvalue weighted by molar-refractivity contribution is -0.105. The number of halogens is 1. The van der Waals surface area contributed by atoms with Crippen LogP contribution in [0.2, 0.25) is 0 Å². The lowest BCUT2D eigenvalue weighted by Gasteiger charge is -2.11. The van der Waals surface area contributed by atoms with Gasteiger partial charge in [-0.3, -0.25) is 10.1 Å². The van der Waals surface area contributed by atoms with Gasteiger partial charge in [0.2, 0.25) is 12.4 Å². The molecular weight excluding hydrogens is 416 g/mol. The number of rotatable bonds is 8. The number of methoxy groups -OCH3 is 1. The van der Waals surface area contributed by atoms with Crippen molar-refractivity contribution in [1.29, 1.82) is 0 Å². The number of nitrogens with zero attached hydrogens (tertiary/aromatic N) is 2. The van der Waals surface area contributed by atoms with E-state index in [1.54, 1.807) is 19.3 Å². The molecule has 7 nitrogen and oxygen atoms in total. The molecule has 0 unspecified atom stereocenters. The molecule has 0 radical (unpaired) electrons. The summed E-state index contributed by atoms with van der Waals surface area (Å²) in [5, 5.41) is 6.35. The van der Waals surface area contributed by atoms with Crippen LogP contribution in [0.1, 0.15) is 27.2 Å². The van der Waals surface area contributed by atoms with E-state index in [9.17, 15) is 4.79 Å². The van der Waals surface area contributed by atoms with E-state index in [0.29, 0.717) is 41.7 Å². The van der Waals surface area contributed by atoms with E-state index in [2.05, 4.69) is 20.6 Å². The Labute approximate surface area is 187 Å². The predicted molar refractivity (Wildman–Crippen MR) is 125 cm³/mol. The van der Waals surface area contributed by atoms with E-state index in [4.69, 9.17) is 21.1 Å². The van der Waals surface area contributed by atoms with Crippen molar-refractivity contribution in [3.63, 3.8) is 0 Å². The molecule has 1 aromatic carbocycles. The van der Waals surface area contributed by atoms with E-state index in [1.807, 2.05) is 57.2 Å². The van der Waals surface area contributed by atoms with Crippen LogP contribution in [0.4, 0.5) is 11.8 Å². The summed E-state index contributed by atoms with van der Waals surface area (Å²) in [4.78, 5) is 19.6. The van der Waals surface area contributed by atoms with Crippen LogP contribution in [0.25, 0.3) is 11.3 Å². The molecule has 0 saturated heterocycles. The molecule has 1 amide bonds. The first-order valence-electron chi connectivity index (χ1n) is 10.0. The average Bonchev–Trinajstić information content (AvgIpc) is 2.97. The normalized spacial score (nSPS) is 12.7. The van der Waals surface area contributed by atoms with Crippen molar-refractivity contribution >= 4 is 29.8 Å². The number of benzene rings is 1. The molecule has 0 spiro atoms. The summed E-state index contributed by atoms with van der Waals surface area (Å²) < 4.78 is 10.7. The van der Waals surface area contributed by atoms with Gasteiger partial charge in [0, 0.05) is 23.7 Å². The minimum atomic E-state index is 0.195. The van der Waals surface area contributed by atoms with E-state index in [-0.39, 0.29) is 5.95 Å². The minimum Gasteiger partial charge on any atom is -0.496 e. The third-order valence-corrected chi connectivity index (χ3v) is 4.39. The third kappa shape index (κ3) is 6.86. The minimum absolute atomic E-state index is 0.195. The standard InChI is InChI=1S/C21H21ClN4O3.C2H6/c1-3-29-16-8-4-14(5-9-16)18-12-20(26-21(25-18)23-13-27)24-15-6-10-17(22)19(28-2)11-7-15;1-2/h4-9,11-13H,3,10H2,1-2H3,(H2,23,24,25,26,27);1-2H3. The molecule has 1 aromatic heterocycles. The van der Waals surface area contributed by atoms with Crippen LogP contribution in [-0.2, 0) is 9.53 Å². The van der Waals surface area contributed by atoms with Gasteiger partial charge in [0.15, 0.2) is 0 Å². The van der Waals surface area contributed by atoms with E-state index in [1.165, 1.54) is 0 Å². The Hall–Kier alpha value is -3.32. The Bertz CT molecular complexity index is 969. The Balaban J connectivity index is 0.00000166. The van der Waals surface area contributed by atoms with Crippen molar-refractivity contribution in [2.24, 2.45) is 0 Å². The van der Waals surface area contributed by atoms with Crippen LogP contribution < -0.4 is 15.4 Å². The summed E-state index contributed by atoms with van der Waals surface area (Å²) in [5.74, 6) is 2.12. The molecule has 1 heterocycles. The molecule has 0 saturated carbocycles. The predicted octanol–water partition coefficient (Wildman–Crippen LogP) is 5.49. The number of nitrogens with one attached hydrogen (secondary N) is 2. The number of allylic oxidation sites excluding steroid dienone is 4. The maximum atomic E-state index is 10.9. The Morgan fingerprint density at radius 1 is 1.16 bits per heavy atom. The van der Waals surface area contributed by atoms with Crippen molar-refractivity contribution in [3.05, 3.63) is 65.0 Å². The second-order valence-corrected chi connectivity index (χ2v) is 6.43. The molecule has 0 aliphatic heterocycles. The first-order valence-corrected chi connectivity index (χ1v) is 10.4. The number of hydrogen-bond donors (Lipinski definition) is 2. The lowest BCUT2D eigenvalue weighted by atomic mass is 10.1. The summed E-state index contributed by atoms with van der Waals surface area (Å²) in [6.45, 7) is 6.53. The van der Waals surface area contributed by atoms with Crippen molar-refractivity contribution in [2.75, 3.05) is 24.4 Å². The van der Waals surface area contributed by atoms with Gasteiger partial charge >= 0.3 is 0 Å². The SMILES string of the molecule is CC.CCOc1ccc(-c2cc(NC3=CCC(Cl)=C(OC)C=C3)nc(NC=O)n2)cc1. The second kappa shape index (κ2) is 12.4. The fourth-order valence-corrected chi connectivity index (χ4v) is 2.93. The number of hydrogen-bond acceptors (Lipinski definition) is 6. The van der Waals surface area contributed by atoms with Crippen molar-refractivity contribution in [1.82, 2.24) is 9.97 Å². The highest BCUT2D eigenvalue weighted by atomic mass is 35.5. The van der Waals surface area contributed by atoms with Crippen LogP contribution in [0.3, 0.4) is 0 Å². The van der Waals surface area contributed by atoms with Crippen molar-refractivity contribution in [2.45, 2.75) is 27.2 Å². The van der Waals surface area contributed by atoms with Crippen LogP contribution >= 0.6 is 11.6 Å². The summed E-state index contributed by atoms with van der Waals surface area (Å²) in [6, 6.07) is 9.36. The van der Waals surface area contributed by atoms with Crippen LogP contribution in [-0.4, -0.2) is 30.1 Å². The highest BCUT2D eigenvalue weighted by Gasteiger charge is 2.10. The molecule has 1 aliphatic carbocycles. The van der Waals surface area contributed by atoms with Gasteiger partial charge < -0.3 is 14.8 Å². The Morgan fingerprint density at radius 2 is 1.90 bits per heavy atom. The number of ether oxygens (including phenoxy) is 2. The number of anilines is 2. The fraction of sp³-hybridized carbons (Fsp3) is 0.261. The molecule has 2 N–H and O–H groups in total. The fourth-order valence-electron chi connectivity index (χ4n) is 2.71. The first kappa shape index (κ1) is 24.0. The topological polar surface area (TPSA) is 85.4 Å². The highest BCUT2D eigenvalue weighted by molar-refractivity contribution is 6.30. The van der Waals surface area contributed by atoms with Gasteiger partial charge in [-0.15, -0.1) is 0 Å². The monoisotopic (exact) mass is 442 g/mol. The maximum absolute atomic E-state index is 10.9. The van der Waals surface area contributed by atoms with Crippen LogP contribution in [0.5, 0.6) is 5.75 Å². The number of carbonyl (C=O) groups excluding carboxylic acids is 1. The summed E-state index contributed by atoms with van der Waals surface area (Å²) in [7, 11) is 1.57. The summed E-state index contributed by atoms with van der Waals surface area (Å²) in [6.07, 6.45) is 6.63. The van der Waals surface area contributed by atoms with Crippen molar-refractivity contribution < 1.29 is 14.3 Å². The van der Waals surface area contributed by atoms with E-state index >= 15 is 0 Å². The van der Waals surface area contributed by atoms with Crippen LogP contribution in [0, 0.1) is 0 Å². The van der Waals surface area contributed by atoms with Gasteiger partial charge in [-0.2, -0.15) is 4.98 Å². The zero-order valence-corrected chi connectivity index (χ0v) is 18.9. The van der Waals surface area contributed by atoms with Crippen molar-refractivity contribution in [3.8, 4) is 17.0 Å². The highest BCUT2D eigenvalue weighted by Crippen LogP contribution is 2.26. The van der Waals surface area contributed by atoms with Gasteiger partial charge in [0.25, 0.3) is 0 Å². The van der Waals surface area contributed by atoms with E-state index < -0.39 is 0 Å². The molecule has 1 aliphatic rings. The second-order valence-electron chi connectivity index (χ2n) is 5.98. The maximum Gasteiger partial charge on any atom is 0.231 e. The smallest absolute Gasteiger partial charge is 0.231 e. The van der Waals surface area contributed by atoms with Gasteiger partial charge in [-0.25, -0.2) is 4.98 Å². The zero-order chi connectivity index (χ0) is 22.6. The molecule has 0 fully saturated rings. The molecule has 31 heavy (non-hydrogen) atoms. The Kier molecular flexibility index (Phi) is 9.58. The largest absolute Gasteiger partial charge is 0.496 e. The van der Waals surface area contributed by atoms with Gasteiger partial charge in [0.1, 0.15) is 17.3 Å². The first-order chi connectivity index (χ1) is 15.1. The van der Waals surface area contributed by atoms with Gasteiger partial charge in [-0.1, -0.05) is 31.5 Å². The van der Waals surface area contributed by atoms with Gasteiger partial charge in [-0.05, 0) is 43.3 Å². The van der Waals surface area contributed by atoms with Gasteiger partial charge in [0.05, 0.1) is 24.4 Å². The molecule has 0 bridgehead atoms. The molecule has 3 rings (SSSR count). The molecular formula is C23H27ClN4O3. The van der Waals surface area contributed by atoms with Crippen LogP contribution in [0.15, 0.2) is 65.0 Å². The summed E-state index contributed by atoms with van der Waals surface area (Å²) >= 11 is 6.21. The summed E-state index contributed by atoms with van der Waals surface area (Å²) in [5.41, 5.74) is 2.31. The van der Waals surface area contributed by atoms with E-state index in [0.717, 1.165) is 17.0 Å². The molecule has 2 aromatic rings. The number of amides is 1. The lowest BCUT2D eigenvalue weighted by Crippen LogP contribution is -2.06. The number of aromatic nitrogens is 2. The number of carbonyl (C=O) groups is 1. The molecule has 0 atom stereocenters. The molecule has 8 heteroatoms. The zero-order valence-electron chi connectivity index (χ0n) is 18.1. The Morgan fingerprint density at radius 3 is 2.55 bits per heavy atom. The quantitative estimate of drug-likeness (QED) is 0.526. The third-order valence-electron chi connectivity index (χ3n) is 4.05. The molecule has 164 valence electrons.